The third kappa shape index (κ3) is 7.02. The predicted molar refractivity (Wildman–Crippen MR) is 296 cm³/mol. The molecule has 0 aliphatic rings. The summed E-state index contributed by atoms with van der Waals surface area (Å²) in [7, 11) is 0. The highest BCUT2D eigenvalue weighted by molar-refractivity contribution is 7.26. The Balaban J connectivity index is 1.05. The van der Waals surface area contributed by atoms with Crippen LogP contribution in [0.2, 0.25) is 0 Å². The van der Waals surface area contributed by atoms with Gasteiger partial charge < -0.3 is 9.47 Å². The summed E-state index contributed by atoms with van der Waals surface area (Å²) < 4.78 is 5.10. The number of hydrogen-bond donors (Lipinski definition) is 0. The van der Waals surface area contributed by atoms with E-state index < -0.39 is 0 Å². The molecule has 69 heavy (non-hydrogen) atoms. The van der Waals surface area contributed by atoms with E-state index in [2.05, 4.69) is 276 Å². The van der Waals surface area contributed by atoms with E-state index in [9.17, 15) is 0 Å². The van der Waals surface area contributed by atoms with E-state index in [4.69, 9.17) is 0 Å². The van der Waals surface area contributed by atoms with Gasteiger partial charge in [0.15, 0.2) is 0 Å². The molecular formula is C66H44N2S. The number of para-hydroxylation sites is 3. The zero-order chi connectivity index (χ0) is 45.7. The summed E-state index contributed by atoms with van der Waals surface area (Å²) >= 11 is 1.88. The van der Waals surface area contributed by atoms with Crippen LogP contribution in [-0.2, 0) is 0 Å². The van der Waals surface area contributed by atoms with Gasteiger partial charge in [0.05, 0.1) is 16.7 Å². The molecule has 0 N–H and O–H groups in total. The fourth-order valence-electron chi connectivity index (χ4n) is 10.5. The molecule has 0 unspecified atom stereocenters. The third-order valence-corrected chi connectivity index (χ3v) is 14.9. The molecule has 11 aromatic carbocycles. The first kappa shape index (κ1) is 40.5. The standard InChI is InChI=1S/C66H44N2S/c1-4-21-45(22-5-1)50-27-10-12-29-52(50)54-41-39-48(43-61(54)53-30-13-11-28-51(53)46-23-6-2-7-24-46)67(47-25-8-3-9-26-47)49-40-42-57-55-31-14-17-36-62(55)68(64(57)44-49)63-37-18-15-32-56(63)59-34-20-35-60-58-33-16-19-38-65(58)69-66(59)60/h1-44H. The monoisotopic (exact) mass is 896 g/mol. The number of fused-ring (bicyclic) bond motifs is 6. The van der Waals surface area contributed by atoms with Crippen LogP contribution in [0.3, 0.4) is 0 Å². The zero-order valence-corrected chi connectivity index (χ0v) is 38.5. The number of nitrogens with zero attached hydrogens (tertiary/aromatic N) is 2. The predicted octanol–water partition coefficient (Wildman–Crippen LogP) is 19.0. The second-order valence-corrected chi connectivity index (χ2v) is 18.6. The molecule has 0 atom stereocenters. The molecule has 324 valence electrons. The maximum Gasteiger partial charge on any atom is 0.0562 e. The lowest BCUT2D eigenvalue weighted by molar-refractivity contribution is 1.18. The van der Waals surface area contributed by atoms with Crippen LogP contribution in [0.4, 0.5) is 17.1 Å². The van der Waals surface area contributed by atoms with Crippen LogP contribution in [0.5, 0.6) is 0 Å². The molecule has 3 heteroatoms. The highest BCUT2D eigenvalue weighted by atomic mass is 32.1. The Morgan fingerprint density at radius 1 is 0.275 bits per heavy atom. The summed E-state index contributed by atoms with van der Waals surface area (Å²) in [5.74, 6) is 0. The van der Waals surface area contributed by atoms with Gasteiger partial charge in [0, 0.05) is 59.1 Å². The topological polar surface area (TPSA) is 8.17 Å². The lowest BCUT2D eigenvalue weighted by atomic mass is 9.86. The van der Waals surface area contributed by atoms with Crippen LogP contribution in [0.1, 0.15) is 0 Å². The molecule has 2 nitrogen and oxygen atoms in total. The minimum Gasteiger partial charge on any atom is -0.310 e. The van der Waals surface area contributed by atoms with E-state index in [1.807, 2.05) is 11.3 Å². The molecule has 0 amide bonds. The second kappa shape index (κ2) is 17.2. The van der Waals surface area contributed by atoms with Crippen LogP contribution in [0, 0.1) is 0 Å². The van der Waals surface area contributed by atoms with Crippen molar-refractivity contribution in [1.82, 2.24) is 4.57 Å². The van der Waals surface area contributed by atoms with Gasteiger partial charge in [-0.1, -0.05) is 212 Å². The number of rotatable bonds is 9. The highest BCUT2D eigenvalue weighted by Gasteiger charge is 2.23. The maximum absolute atomic E-state index is 2.49. The lowest BCUT2D eigenvalue weighted by Crippen LogP contribution is -2.10. The summed E-state index contributed by atoms with van der Waals surface area (Å²) in [6.45, 7) is 0. The van der Waals surface area contributed by atoms with Gasteiger partial charge in [-0.2, -0.15) is 0 Å². The maximum atomic E-state index is 2.49. The molecule has 13 rings (SSSR count). The van der Waals surface area contributed by atoms with Crippen molar-refractivity contribution in [3.63, 3.8) is 0 Å². The third-order valence-electron chi connectivity index (χ3n) is 13.6. The van der Waals surface area contributed by atoms with Crippen molar-refractivity contribution in [3.05, 3.63) is 267 Å². The molecule has 0 bridgehead atoms. The van der Waals surface area contributed by atoms with Gasteiger partial charge in [-0.25, -0.2) is 0 Å². The van der Waals surface area contributed by atoms with Gasteiger partial charge in [0.25, 0.3) is 0 Å². The largest absolute Gasteiger partial charge is 0.310 e. The van der Waals surface area contributed by atoms with Crippen molar-refractivity contribution in [1.29, 1.82) is 0 Å². The molecule has 0 aliphatic heterocycles. The van der Waals surface area contributed by atoms with Crippen LogP contribution in [-0.4, -0.2) is 4.57 Å². The molecule has 0 saturated heterocycles. The first-order chi connectivity index (χ1) is 34.3. The lowest BCUT2D eigenvalue weighted by Gasteiger charge is -2.27. The minimum atomic E-state index is 1.07. The van der Waals surface area contributed by atoms with Gasteiger partial charge in [-0.3, -0.25) is 0 Å². The summed E-state index contributed by atoms with van der Waals surface area (Å²) in [6, 6.07) is 97.4. The summed E-state index contributed by atoms with van der Waals surface area (Å²) in [6.07, 6.45) is 0. The van der Waals surface area contributed by atoms with Crippen LogP contribution in [0.15, 0.2) is 267 Å². The fourth-order valence-corrected chi connectivity index (χ4v) is 11.8. The molecule has 0 saturated carbocycles. The van der Waals surface area contributed by atoms with Crippen molar-refractivity contribution < 1.29 is 0 Å². The Labute approximate surface area is 405 Å². The molecule has 0 radical (unpaired) electrons. The smallest absolute Gasteiger partial charge is 0.0562 e. The van der Waals surface area contributed by atoms with Crippen LogP contribution >= 0.6 is 11.3 Å². The van der Waals surface area contributed by atoms with E-state index in [-0.39, 0.29) is 0 Å². The number of aromatic nitrogens is 1. The zero-order valence-electron chi connectivity index (χ0n) is 37.7. The number of benzene rings is 11. The van der Waals surface area contributed by atoms with Gasteiger partial charge >= 0.3 is 0 Å². The summed E-state index contributed by atoms with van der Waals surface area (Å²) in [5, 5.41) is 5.04. The summed E-state index contributed by atoms with van der Waals surface area (Å²) in [4.78, 5) is 2.42. The normalized spacial score (nSPS) is 11.5. The van der Waals surface area contributed by atoms with Crippen molar-refractivity contribution in [2.75, 3.05) is 4.90 Å². The van der Waals surface area contributed by atoms with E-state index in [1.54, 1.807) is 0 Å². The van der Waals surface area contributed by atoms with Crippen molar-refractivity contribution in [2.45, 2.75) is 0 Å². The Morgan fingerprint density at radius 3 is 1.49 bits per heavy atom. The van der Waals surface area contributed by atoms with Gasteiger partial charge in [0.2, 0.25) is 0 Å². The van der Waals surface area contributed by atoms with E-state index in [0.717, 1.165) is 33.8 Å². The molecule has 0 aliphatic carbocycles. The molecule has 2 aromatic heterocycles. The number of anilines is 3. The average Bonchev–Trinajstić information content (AvgIpc) is 3.97. The van der Waals surface area contributed by atoms with E-state index in [0.29, 0.717) is 0 Å². The quantitative estimate of drug-likeness (QED) is 0.140. The van der Waals surface area contributed by atoms with Crippen LogP contribution in [0.25, 0.3) is 103 Å². The highest BCUT2D eigenvalue weighted by Crippen LogP contribution is 2.48. The minimum absolute atomic E-state index is 1.07. The van der Waals surface area contributed by atoms with Crippen LogP contribution < -0.4 is 4.90 Å². The first-order valence-electron chi connectivity index (χ1n) is 23.6. The van der Waals surface area contributed by atoms with E-state index in [1.165, 1.54) is 86.5 Å². The molecule has 0 spiro atoms. The fraction of sp³-hybridized carbons (Fsp3) is 0. The van der Waals surface area contributed by atoms with Crippen molar-refractivity contribution in [3.8, 4) is 61.3 Å². The number of thiophene rings is 1. The van der Waals surface area contributed by atoms with Gasteiger partial charge in [0.1, 0.15) is 0 Å². The Hall–Kier alpha value is -8.76. The SMILES string of the molecule is c1ccc(-c2ccccc2-c2ccc(N(c3ccccc3)c3ccc4c5ccccc5n(-c5ccccc5-c5cccc6c5sc5ccccc56)c4c3)cc2-c2ccccc2-c2ccccc2)cc1. The first-order valence-corrected chi connectivity index (χ1v) is 24.4. The van der Waals surface area contributed by atoms with Crippen molar-refractivity contribution >= 4 is 70.4 Å². The van der Waals surface area contributed by atoms with Gasteiger partial charge in [-0.05, 0) is 99.1 Å². The molecule has 2 heterocycles. The molecular weight excluding hydrogens is 853 g/mol. The molecule has 13 aromatic rings. The van der Waals surface area contributed by atoms with Gasteiger partial charge in [-0.15, -0.1) is 11.3 Å². The van der Waals surface area contributed by atoms with Crippen molar-refractivity contribution in [2.24, 2.45) is 0 Å². The number of hydrogen-bond acceptors (Lipinski definition) is 2. The average molecular weight is 897 g/mol. The Bertz CT molecular complexity index is 4020. The second-order valence-electron chi connectivity index (χ2n) is 17.6. The summed E-state index contributed by atoms with van der Waals surface area (Å²) in [5.41, 5.74) is 18.6. The Kier molecular flexibility index (Phi) is 10.1. The van der Waals surface area contributed by atoms with E-state index >= 15 is 0 Å². The Morgan fingerprint density at radius 2 is 0.768 bits per heavy atom. The molecule has 0 fully saturated rings.